The Morgan fingerprint density at radius 1 is 1.05 bits per heavy atom. The Morgan fingerprint density at radius 2 is 1.74 bits per heavy atom. The smallest absolute Gasteiger partial charge is 0.339 e. The molecule has 9 nitrogen and oxygen atoms in total. The standard InChI is InChI=1S/C26H21BrN2O7S2/c1-16(30)28-20-10-12-21(13-11-20)38(33,34)36-24-18(4-3-5-22(24)35-2)14-23-25(31)29(26(32)37-23)15-17-6-8-19(27)9-7-17/h3-14H,15H2,1-2H3,(H,28,30)/b23-14-. The molecular weight excluding hydrogens is 596 g/mol. The summed E-state index contributed by atoms with van der Waals surface area (Å²) >= 11 is 4.10. The first kappa shape index (κ1) is 27.4. The van der Waals surface area contributed by atoms with Gasteiger partial charge in [0, 0.05) is 22.6 Å². The number of nitrogens with one attached hydrogen (secondary N) is 1. The van der Waals surface area contributed by atoms with Gasteiger partial charge in [-0.25, -0.2) is 0 Å². The Labute approximate surface area is 232 Å². The number of methoxy groups -OCH3 is 1. The molecule has 0 bridgehead atoms. The largest absolute Gasteiger partial charge is 0.493 e. The van der Waals surface area contributed by atoms with Gasteiger partial charge in [0.1, 0.15) is 4.90 Å². The number of para-hydroxylation sites is 1. The van der Waals surface area contributed by atoms with E-state index in [-0.39, 0.29) is 39.3 Å². The predicted molar refractivity (Wildman–Crippen MR) is 147 cm³/mol. The molecule has 1 heterocycles. The molecule has 0 unspecified atom stereocenters. The van der Waals surface area contributed by atoms with Crippen molar-refractivity contribution in [2.45, 2.75) is 18.4 Å². The van der Waals surface area contributed by atoms with Crippen molar-refractivity contribution in [2.24, 2.45) is 0 Å². The lowest BCUT2D eigenvalue weighted by Crippen LogP contribution is -2.27. The number of rotatable bonds is 8. The number of thioether (sulfide) groups is 1. The summed E-state index contributed by atoms with van der Waals surface area (Å²) in [5.41, 5.74) is 1.43. The molecule has 0 aromatic heterocycles. The number of imide groups is 1. The van der Waals surface area contributed by atoms with Gasteiger partial charge in [-0.3, -0.25) is 19.3 Å². The van der Waals surface area contributed by atoms with Crippen LogP contribution in [0.5, 0.6) is 11.5 Å². The van der Waals surface area contributed by atoms with Gasteiger partial charge in [0.05, 0.1) is 18.6 Å². The molecule has 3 aromatic carbocycles. The minimum atomic E-state index is -4.32. The molecule has 0 radical (unpaired) electrons. The van der Waals surface area contributed by atoms with E-state index in [0.29, 0.717) is 5.69 Å². The molecule has 0 saturated carbocycles. The lowest BCUT2D eigenvalue weighted by atomic mass is 10.1. The fourth-order valence-corrected chi connectivity index (χ4v) is 5.57. The second-order valence-corrected chi connectivity index (χ2v) is 11.5. The predicted octanol–water partition coefficient (Wildman–Crippen LogP) is 5.42. The van der Waals surface area contributed by atoms with Crippen LogP contribution in [-0.4, -0.2) is 37.5 Å². The van der Waals surface area contributed by atoms with E-state index in [2.05, 4.69) is 21.2 Å². The highest BCUT2D eigenvalue weighted by Gasteiger charge is 2.35. The molecule has 38 heavy (non-hydrogen) atoms. The number of anilines is 1. The highest BCUT2D eigenvalue weighted by atomic mass is 79.9. The van der Waals surface area contributed by atoms with Crippen LogP contribution in [-0.2, 0) is 26.3 Å². The summed E-state index contributed by atoms with van der Waals surface area (Å²) in [7, 11) is -2.97. The van der Waals surface area contributed by atoms with Crippen molar-refractivity contribution in [3.63, 3.8) is 0 Å². The fourth-order valence-electron chi connectivity index (χ4n) is 3.51. The van der Waals surface area contributed by atoms with Crippen molar-refractivity contribution in [3.05, 3.63) is 87.2 Å². The number of nitrogens with zero attached hydrogens (tertiary/aromatic N) is 1. The van der Waals surface area contributed by atoms with Gasteiger partial charge < -0.3 is 14.2 Å². The van der Waals surface area contributed by atoms with Crippen LogP contribution in [0, 0.1) is 0 Å². The monoisotopic (exact) mass is 616 g/mol. The number of carbonyl (C=O) groups excluding carboxylic acids is 3. The van der Waals surface area contributed by atoms with Gasteiger partial charge >= 0.3 is 10.1 Å². The zero-order chi connectivity index (χ0) is 27.4. The highest BCUT2D eigenvalue weighted by molar-refractivity contribution is 9.10. The molecule has 1 aliphatic heterocycles. The van der Waals surface area contributed by atoms with Gasteiger partial charge in [-0.15, -0.1) is 0 Å². The van der Waals surface area contributed by atoms with E-state index in [0.717, 1.165) is 26.7 Å². The fraction of sp³-hybridized carbons (Fsp3) is 0.115. The number of ether oxygens (including phenoxy) is 1. The zero-order valence-corrected chi connectivity index (χ0v) is 23.4. The van der Waals surface area contributed by atoms with Gasteiger partial charge in [0.2, 0.25) is 5.91 Å². The number of hydrogen-bond acceptors (Lipinski definition) is 8. The topological polar surface area (TPSA) is 119 Å². The summed E-state index contributed by atoms with van der Waals surface area (Å²) in [5, 5.41) is 2.12. The van der Waals surface area contributed by atoms with Crippen LogP contribution in [0.15, 0.2) is 81.0 Å². The van der Waals surface area contributed by atoms with E-state index in [9.17, 15) is 22.8 Å². The quantitative estimate of drug-likeness (QED) is 0.263. The molecule has 196 valence electrons. The van der Waals surface area contributed by atoms with Crippen LogP contribution in [0.2, 0.25) is 0 Å². The summed E-state index contributed by atoms with van der Waals surface area (Å²) in [4.78, 5) is 38.0. The molecule has 0 aliphatic carbocycles. The Morgan fingerprint density at radius 3 is 2.37 bits per heavy atom. The maximum atomic E-state index is 13.1. The summed E-state index contributed by atoms with van der Waals surface area (Å²) in [6.45, 7) is 1.44. The number of hydrogen-bond donors (Lipinski definition) is 1. The number of benzene rings is 3. The van der Waals surface area contributed by atoms with Crippen LogP contribution in [0.4, 0.5) is 10.5 Å². The van der Waals surface area contributed by atoms with Crippen LogP contribution < -0.4 is 14.2 Å². The van der Waals surface area contributed by atoms with Crippen LogP contribution in [0.1, 0.15) is 18.1 Å². The average molecular weight is 617 g/mol. The molecule has 4 rings (SSSR count). The van der Waals surface area contributed by atoms with Crippen molar-refractivity contribution >= 4 is 66.6 Å². The number of amides is 3. The average Bonchev–Trinajstić information content (AvgIpc) is 3.13. The second kappa shape index (κ2) is 11.4. The first-order chi connectivity index (χ1) is 18.1. The third-order valence-electron chi connectivity index (χ3n) is 5.30. The maximum Gasteiger partial charge on any atom is 0.339 e. The highest BCUT2D eigenvalue weighted by Crippen LogP contribution is 2.39. The number of carbonyl (C=O) groups is 3. The van der Waals surface area contributed by atoms with E-state index < -0.39 is 21.3 Å². The van der Waals surface area contributed by atoms with Crippen LogP contribution in [0.3, 0.4) is 0 Å². The van der Waals surface area contributed by atoms with E-state index in [1.54, 1.807) is 24.3 Å². The summed E-state index contributed by atoms with van der Waals surface area (Å²) < 4.78 is 37.8. The molecule has 3 aromatic rings. The Hall–Kier alpha value is -3.61. The molecule has 3 amide bonds. The van der Waals surface area contributed by atoms with Crippen molar-refractivity contribution in [2.75, 3.05) is 12.4 Å². The van der Waals surface area contributed by atoms with Gasteiger partial charge in [0.15, 0.2) is 11.5 Å². The maximum absolute atomic E-state index is 13.1. The Balaban J connectivity index is 1.62. The molecule has 1 N–H and O–H groups in total. The second-order valence-electron chi connectivity index (χ2n) is 8.02. The Kier molecular flexibility index (Phi) is 8.24. The minimum Gasteiger partial charge on any atom is -0.493 e. The van der Waals surface area contributed by atoms with E-state index >= 15 is 0 Å². The molecule has 1 saturated heterocycles. The van der Waals surface area contributed by atoms with Gasteiger partial charge in [-0.05, 0) is 65.9 Å². The van der Waals surface area contributed by atoms with E-state index in [1.807, 2.05) is 12.1 Å². The molecule has 0 atom stereocenters. The van der Waals surface area contributed by atoms with Crippen molar-refractivity contribution < 1.29 is 31.7 Å². The SMILES string of the molecule is COc1cccc(/C=C2\SC(=O)N(Cc3ccc(Br)cc3)C2=O)c1OS(=O)(=O)c1ccc(NC(C)=O)cc1. The Bertz CT molecular complexity index is 1540. The summed E-state index contributed by atoms with van der Waals surface area (Å²) in [5.74, 6) is -0.822. The summed E-state index contributed by atoms with van der Waals surface area (Å²) in [6, 6.07) is 17.4. The third-order valence-corrected chi connectivity index (χ3v) is 7.97. The van der Waals surface area contributed by atoms with Crippen LogP contribution >= 0.6 is 27.7 Å². The van der Waals surface area contributed by atoms with Crippen molar-refractivity contribution in [1.29, 1.82) is 0 Å². The lowest BCUT2D eigenvalue weighted by Gasteiger charge is -2.14. The first-order valence-corrected chi connectivity index (χ1v) is 14.1. The van der Waals surface area contributed by atoms with Gasteiger partial charge in [0.25, 0.3) is 11.1 Å². The normalized spacial score (nSPS) is 14.6. The minimum absolute atomic E-state index is 0.0968. The molecular formula is C26H21BrN2O7S2. The van der Waals surface area contributed by atoms with Crippen LogP contribution in [0.25, 0.3) is 6.08 Å². The zero-order valence-electron chi connectivity index (χ0n) is 20.1. The van der Waals surface area contributed by atoms with Crippen molar-refractivity contribution in [1.82, 2.24) is 4.90 Å². The third kappa shape index (κ3) is 6.26. The first-order valence-electron chi connectivity index (χ1n) is 11.1. The van der Waals surface area contributed by atoms with Gasteiger partial charge in [-0.1, -0.05) is 40.2 Å². The number of halogens is 1. The van der Waals surface area contributed by atoms with Gasteiger partial charge in [-0.2, -0.15) is 8.42 Å². The van der Waals surface area contributed by atoms with E-state index in [4.69, 9.17) is 8.92 Å². The van der Waals surface area contributed by atoms with E-state index in [1.165, 1.54) is 50.4 Å². The molecule has 1 fully saturated rings. The molecule has 12 heteroatoms. The molecule has 1 aliphatic rings. The summed E-state index contributed by atoms with van der Waals surface area (Å²) in [6.07, 6.45) is 1.40. The lowest BCUT2D eigenvalue weighted by molar-refractivity contribution is -0.123. The van der Waals surface area contributed by atoms with Crippen molar-refractivity contribution in [3.8, 4) is 11.5 Å². The molecule has 0 spiro atoms.